The molecule has 0 spiro atoms. The predicted octanol–water partition coefficient (Wildman–Crippen LogP) is 3.56. The van der Waals surface area contributed by atoms with E-state index in [4.69, 9.17) is 4.74 Å². The molecule has 5 nitrogen and oxygen atoms in total. The molecule has 1 aliphatic carbocycles. The van der Waals surface area contributed by atoms with Crippen LogP contribution in [0.15, 0.2) is 72.3 Å². The summed E-state index contributed by atoms with van der Waals surface area (Å²) >= 11 is 0. The van der Waals surface area contributed by atoms with Gasteiger partial charge >= 0.3 is 0 Å². The maximum atomic E-state index is 13.2. The highest BCUT2D eigenvalue weighted by molar-refractivity contribution is 6.07. The Morgan fingerprint density at radius 3 is 2.28 bits per heavy atom. The Morgan fingerprint density at radius 1 is 0.923 bits per heavy atom. The number of carbonyl (C=O) groups is 2. The molecule has 3 aromatic rings. The first-order chi connectivity index (χ1) is 18.3. The molecule has 0 bridgehead atoms. The van der Waals surface area contributed by atoms with Crippen LogP contribution >= 0.6 is 0 Å². The van der Waals surface area contributed by atoms with Crippen LogP contribution < -0.4 is 22.5 Å². The topological polar surface area (TPSA) is 55.4 Å². The van der Waals surface area contributed by atoms with Crippen LogP contribution in [-0.4, -0.2) is 42.9 Å². The monoisotopic (exact) mass is 544 g/mol. The highest BCUT2D eigenvalue weighted by Gasteiger charge is 2.32. The van der Waals surface area contributed by atoms with Crippen molar-refractivity contribution in [1.82, 2.24) is 0 Å². The Kier molecular flexibility index (Phi) is 8.94. The van der Waals surface area contributed by atoms with Gasteiger partial charge in [0.15, 0.2) is 0 Å². The van der Waals surface area contributed by atoms with Crippen LogP contribution in [-0.2, 0) is 16.1 Å². The van der Waals surface area contributed by atoms with Gasteiger partial charge in [-0.1, -0.05) is 48.0 Å². The summed E-state index contributed by atoms with van der Waals surface area (Å²) in [5.74, 6) is 1.10. The van der Waals surface area contributed by atoms with Crippen LogP contribution in [0.3, 0.4) is 0 Å². The van der Waals surface area contributed by atoms with Gasteiger partial charge in [-0.15, -0.1) is 0 Å². The van der Waals surface area contributed by atoms with Gasteiger partial charge in [0.05, 0.1) is 26.7 Å². The van der Waals surface area contributed by atoms with E-state index in [9.17, 15) is 9.59 Å². The second-order valence-electron chi connectivity index (χ2n) is 11.2. The number of benzene rings is 3. The molecule has 0 atom stereocenters. The molecule has 0 saturated heterocycles. The van der Waals surface area contributed by atoms with Gasteiger partial charge < -0.3 is 26.9 Å². The number of quaternary nitrogens is 1. The van der Waals surface area contributed by atoms with Gasteiger partial charge in [-0.2, -0.15) is 0 Å². The molecule has 0 aromatic heterocycles. The van der Waals surface area contributed by atoms with E-state index in [0.717, 1.165) is 52.0 Å². The van der Waals surface area contributed by atoms with Crippen LogP contribution in [0, 0.1) is 6.92 Å². The standard InChI is InChI=1S/C33H36N2O3.ClH/c1-23-4-8-25(9-5-23)26-10-17-32-28(20-26)21-27(18-19-38-32)33(37)34-29-11-6-24(7-12-29)22-35(2,3)30-13-15-31(36)16-14-30;/h4-12,17,20-21,30H,13-16,18-19,22H2,1-3H3;1H. The Hall–Kier alpha value is -3.41. The van der Waals surface area contributed by atoms with Crippen molar-refractivity contribution in [2.75, 3.05) is 26.0 Å². The van der Waals surface area contributed by atoms with E-state index >= 15 is 0 Å². The fourth-order valence-corrected chi connectivity index (χ4v) is 5.56. The van der Waals surface area contributed by atoms with E-state index in [0.29, 0.717) is 43.3 Å². The van der Waals surface area contributed by atoms with Crippen LogP contribution in [0.2, 0.25) is 0 Å². The summed E-state index contributed by atoms with van der Waals surface area (Å²) in [5, 5.41) is 3.08. The molecule has 1 fully saturated rings. The van der Waals surface area contributed by atoms with Crippen LogP contribution in [0.1, 0.15) is 48.8 Å². The number of hydrogen-bond acceptors (Lipinski definition) is 3. The fraction of sp³-hybridized carbons (Fsp3) is 0.333. The normalized spacial score (nSPS) is 15.8. The molecular weight excluding hydrogens is 508 g/mol. The molecule has 1 aliphatic heterocycles. The number of aryl methyl sites for hydroxylation is 1. The SMILES string of the molecule is Cc1ccc(-c2ccc3c(c2)C=C(C(=O)Nc2ccc(C[N+](C)(C)C4CCC(=O)CC4)cc2)CCO3)cc1.[Cl-]. The quantitative estimate of drug-likeness (QED) is 0.483. The van der Waals surface area contributed by atoms with Gasteiger partial charge in [-0.3, -0.25) is 9.59 Å². The van der Waals surface area contributed by atoms with Gasteiger partial charge in [-0.05, 0) is 48.4 Å². The number of ketones is 1. The molecule has 1 heterocycles. The van der Waals surface area contributed by atoms with Crippen LogP contribution in [0.5, 0.6) is 5.75 Å². The molecule has 39 heavy (non-hydrogen) atoms. The minimum Gasteiger partial charge on any atom is -1.00 e. The zero-order chi connectivity index (χ0) is 26.7. The van der Waals surface area contributed by atoms with Gasteiger partial charge in [0, 0.05) is 54.5 Å². The lowest BCUT2D eigenvalue weighted by Gasteiger charge is -2.40. The van der Waals surface area contributed by atoms with Gasteiger partial charge in [0.2, 0.25) is 0 Å². The van der Waals surface area contributed by atoms with Crippen LogP contribution in [0.25, 0.3) is 17.2 Å². The second kappa shape index (κ2) is 12.2. The predicted molar refractivity (Wildman–Crippen MR) is 153 cm³/mol. The number of halogens is 1. The Balaban J connectivity index is 0.00000353. The first kappa shape index (κ1) is 28.6. The molecule has 1 N–H and O–H groups in total. The third-order valence-corrected chi connectivity index (χ3v) is 7.95. The Morgan fingerprint density at radius 2 is 1.59 bits per heavy atom. The third kappa shape index (κ3) is 6.97. The molecule has 1 saturated carbocycles. The smallest absolute Gasteiger partial charge is 0.251 e. The molecule has 1 amide bonds. The molecule has 0 unspecified atom stereocenters. The number of ether oxygens (including phenoxy) is 1. The van der Waals surface area contributed by atoms with Crippen molar-refractivity contribution in [2.24, 2.45) is 0 Å². The molecule has 2 aliphatic rings. The Bertz CT molecular complexity index is 1350. The zero-order valence-electron chi connectivity index (χ0n) is 23.0. The van der Waals surface area contributed by atoms with E-state index < -0.39 is 0 Å². The van der Waals surface area contributed by atoms with Crippen molar-refractivity contribution in [3.63, 3.8) is 0 Å². The number of Topliss-reactive ketones (excluding diaryl/α,β-unsaturated/α-hetero) is 1. The van der Waals surface area contributed by atoms with Crippen molar-refractivity contribution in [2.45, 2.75) is 51.6 Å². The largest absolute Gasteiger partial charge is 1.00 e. The average Bonchev–Trinajstić information content (AvgIpc) is 3.12. The summed E-state index contributed by atoms with van der Waals surface area (Å²) in [7, 11) is 4.50. The number of carbonyl (C=O) groups excluding carboxylic acids is 2. The lowest BCUT2D eigenvalue weighted by Crippen LogP contribution is -3.00. The third-order valence-electron chi connectivity index (χ3n) is 7.95. The fourth-order valence-electron chi connectivity index (χ4n) is 5.56. The summed E-state index contributed by atoms with van der Waals surface area (Å²) < 4.78 is 6.83. The van der Waals surface area contributed by atoms with E-state index in [-0.39, 0.29) is 18.3 Å². The van der Waals surface area contributed by atoms with Crippen LogP contribution in [0.4, 0.5) is 5.69 Å². The van der Waals surface area contributed by atoms with Crippen molar-refractivity contribution in [3.05, 3.63) is 89.0 Å². The number of amides is 1. The van der Waals surface area contributed by atoms with Crippen molar-refractivity contribution in [3.8, 4) is 16.9 Å². The number of hydrogen-bond donors (Lipinski definition) is 1. The molecule has 3 aromatic carbocycles. The van der Waals surface area contributed by atoms with Gasteiger partial charge in [-0.25, -0.2) is 0 Å². The van der Waals surface area contributed by atoms with Crippen molar-refractivity contribution >= 4 is 23.5 Å². The zero-order valence-corrected chi connectivity index (χ0v) is 23.8. The highest BCUT2D eigenvalue weighted by Crippen LogP contribution is 2.32. The summed E-state index contributed by atoms with van der Waals surface area (Å²) in [6.45, 7) is 3.45. The molecule has 0 radical (unpaired) electrons. The summed E-state index contributed by atoms with van der Waals surface area (Å²) in [5.41, 5.74) is 7.10. The molecule has 204 valence electrons. The highest BCUT2D eigenvalue weighted by atomic mass is 35.5. The number of fused-ring (bicyclic) bond motifs is 1. The number of rotatable bonds is 6. The van der Waals surface area contributed by atoms with E-state index in [1.165, 1.54) is 11.1 Å². The average molecular weight is 545 g/mol. The van der Waals surface area contributed by atoms with Gasteiger partial charge in [0.25, 0.3) is 5.91 Å². The minimum atomic E-state index is -0.0991. The second-order valence-corrected chi connectivity index (χ2v) is 11.2. The van der Waals surface area contributed by atoms with Gasteiger partial charge in [0.1, 0.15) is 18.1 Å². The van der Waals surface area contributed by atoms with Crippen molar-refractivity contribution in [1.29, 1.82) is 0 Å². The molecule has 5 rings (SSSR count). The number of anilines is 1. The number of nitrogens with zero attached hydrogens (tertiary/aromatic N) is 1. The molecule has 6 heteroatoms. The summed E-state index contributed by atoms with van der Waals surface area (Å²) in [6, 6.07) is 23.3. The molecular formula is C33H37ClN2O3. The maximum absolute atomic E-state index is 13.2. The maximum Gasteiger partial charge on any atom is 0.251 e. The first-order valence-corrected chi connectivity index (χ1v) is 13.6. The van der Waals surface area contributed by atoms with E-state index in [1.807, 2.05) is 24.3 Å². The first-order valence-electron chi connectivity index (χ1n) is 13.6. The van der Waals surface area contributed by atoms with Crippen molar-refractivity contribution < 1.29 is 31.2 Å². The Labute approximate surface area is 237 Å². The van der Waals surface area contributed by atoms with E-state index in [2.05, 4.69) is 74.9 Å². The lowest BCUT2D eigenvalue weighted by atomic mass is 9.91. The lowest BCUT2D eigenvalue weighted by molar-refractivity contribution is -0.928. The summed E-state index contributed by atoms with van der Waals surface area (Å²) in [4.78, 5) is 24.8. The minimum absolute atomic E-state index is 0. The summed E-state index contributed by atoms with van der Waals surface area (Å²) in [6.07, 6.45) is 5.85. The number of nitrogens with one attached hydrogen (secondary N) is 1. The van der Waals surface area contributed by atoms with E-state index in [1.54, 1.807) is 0 Å².